The summed E-state index contributed by atoms with van der Waals surface area (Å²) in [6.45, 7) is 1.47. The van der Waals surface area contributed by atoms with Crippen LogP contribution in [-0.2, 0) is 4.74 Å². The largest absolute Gasteiger partial charge is 0.388 e. The fourth-order valence-corrected chi connectivity index (χ4v) is 2.98. The third-order valence-corrected chi connectivity index (χ3v) is 4.23. The summed E-state index contributed by atoms with van der Waals surface area (Å²) in [7, 11) is 1.78. The maximum absolute atomic E-state index is 11.4. The maximum atomic E-state index is 11.4. The fraction of sp³-hybridized carbons (Fsp3) is 0.636. The highest BCUT2D eigenvalue weighted by atomic mass is 32.1. The first kappa shape index (κ1) is 14.0. The lowest BCUT2D eigenvalue weighted by Gasteiger charge is -2.35. The minimum atomic E-state index is -0.819. The first-order chi connectivity index (χ1) is 8.93. The Labute approximate surface area is 115 Å². The molecule has 0 unspecified atom stereocenters. The Kier molecular flexibility index (Phi) is 3.93. The quantitative estimate of drug-likeness (QED) is 0.706. The number of nitrogens with zero attached hydrogens (tertiary/aromatic N) is 2. The van der Waals surface area contributed by atoms with Gasteiger partial charge in [0.25, 0.3) is 5.91 Å². The van der Waals surface area contributed by atoms with Gasteiger partial charge < -0.3 is 26.2 Å². The summed E-state index contributed by atoms with van der Waals surface area (Å²) in [5, 5.41) is 11.0. The van der Waals surface area contributed by atoms with E-state index in [1.54, 1.807) is 11.9 Å². The number of amides is 1. The van der Waals surface area contributed by atoms with Gasteiger partial charge in [-0.3, -0.25) is 4.79 Å². The first-order valence-electron chi connectivity index (χ1n) is 5.99. The molecule has 1 aliphatic rings. The second-order valence-corrected chi connectivity index (χ2v) is 5.56. The molecule has 1 aromatic rings. The zero-order chi connectivity index (χ0) is 14.0. The predicted molar refractivity (Wildman–Crippen MR) is 73.3 cm³/mol. The van der Waals surface area contributed by atoms with Crippen LogP contribution in [0, 0.1) is 0 Å². The molecule has 1 aliphatic heterocycles. The molecule has 8 heteroatoms. The van der Waals surface area contributed by atoms with Gasteiger partial charge in [-0.05, 0) is 11.5 Å². The molecule has 0 bridgehead atoms. The van der Waals surface area contributed by atoms with Crippen molar-refractivity contribution in [3.05, 3.63) is 5.56 Å². The van der Waals surface area contributed by atoms with Gasteiger partial charge in [0.1, 0.15) is 10.6 Å². The highest BCUT2D eigenvalue weighted by molar-refractivity contribution is 7.11. The first-order valence-corrected chi connectivity index (χ1v) is 6.76. The second kappa shape index (κ2) is 5.32. The second-order valence-electron chi connectivity index (χ2n) is 4.80. The Balaban J connectivity index is 2.15. The Morgan fingerprint density at radius 2 is 2.21 bits per heavy atom. The minimum Gasteiger partial charge on any atom is -0.388 e. The van der Waals surface area contributed by atoms with E-state index in [0.717, 1.165) is 11.5 Å². The molecule has 0 aromatic carbocycles. The number of ether oxygens (including phenoxy) is 1. The third-order valence-electron chi connectivity index (χ3n) is 3.25. The van der Waals surface area contributed by atoms with Gasteiger partial charge in [0.2, 0.25) is 0 Å². The molecule has 2 heterocycles. The van der Waals surface area contributed by atoms with E-state index in [-0.39, 0.29) is 11.4 Å². The van der Waals surface area contributed by atoms with Crippen molar-refractivity contribution in [2.75, 3.05) is 37.4 Å². The molecular formula is C11H18N4O3S. The smallest absolute Gasteiger partial charge is 0.255 e. The number of carbonyl (C=O) groups excluding carboxylic acids is 1. The Bertz CT molecular complexity index is 471. The average Bonchev–Trinajstić information content (AvgIpc) is 2.71. The third kappa shape index (κ3) is 2.96. The number of nitrogen functional groups attached to an aromatic ring is 1. The number of likely N-dealkylation sites (N-methyl/N-ethyl adjacent to an activating group) is 1. The average molecular weight is 286 g/mol. The number of nitrogens with two attached hydrogens (primary N) is 2. The zero-order valence-electron chi connectivity index (χ0n) is 10.8. The van der Waals surface area contributed by atoms with Crippen molar-refractivity contribution in [3.63, 3.8) is 0 Å². The van der Waals surface area contributed by atoms with E-state index in [2.05, 4.69) is 4.37 Å². The van der Waals surface area contributed by atoms with Crippen LogP contribution in [0.25, 0.3) is 0 Å². The normalized spacial score (nSPS) is 18.2. The monoisotopic (exact) mass is 286 g/mol. The van der Waals surface area contributed by atoms with Gasteiger partial charge in [0.15, 0.2) is 5.82 Å². The molecule has 5 N–H and O–H groups in total. The zero-order valence-corrected chi connectivity index (χ0v) is 11.6. The van der Waals surface area contributed by atoms with Crippen molar-refractivity contribution in [3.8, 4) is 0 Å². The molecule has 0 atom stereocenters. The molecule has 1 aromatic heterocycles. The predicted octanol–water partition coefficient (Wildman–Crippen LogP) is -0.198. The van der Waals surface area contributed by atoms with Crippen molar-refractivity contribution in [1.29, 1.82) is 0 Å². The van der Waals surface area contributed by atoms with Crippen molar-refractivity contribution in [2.24, 2.45) is 5.73 Å². The molecule has 1 saturated heterocycles. The summed E-state index contributed by atoms with van der Waals surface area (Å²) in [5.74, 6) is -0.467. The van der Waals surface area contributed by atoms with Crippen LogP contribution in [0.1, 0.15) is 23.2 Å². The summed E-state index contributed by atoms with van der Waals surface area (Å²) >= 11 is 1.11. The lowest BCUT2D eigenvalue weighted by molar-refractivity contribution is -0.0572. The standard InChI is InChI=1S/C11H18N4O3S/c1-15(6-11(17)2-4-18-5-3-11)10-7(9(13)16)8(12)14-19-10/h17H,2-6H2,1H3,(H2,12,14)(H2,13,16). The Morgan fingerprint density at radius 3 is 2.79 bits per heavy atom. The number of aliphatic hydroxyl groups is 1. The highest BCUT2D eigenvalue weighted by Crippen LogP contribution is 2.31. The van der Waals surface area contributed by atoms with Gasteiger partial charge in [0.05, 0.1) is 5.60 Å². The van der Waals surface area contributed by atoms with Gasteiger partial charge >= 0.3 is 0 Å². The van der Waals surface area contributed by atoms with E-state index in [1.807, 2.05) is 0 Å². The number of anilines is 2. The van der Waals surface area contributed by atoms with E-state index < -0.39 is 11.5 Å². The molecular weight excluding hydrogens is 268 g/mol. The summed E-state index contributed by atoms with van der Waals surface area (Å²) in [4.78, 5) is 13.2. The van der Waals surface area contributed by atoms with Crippen LogP contribution in [0.15, 0.2) is 0 Å². The van der Waals surface area contributed by atoms with Gasteiger partial charge in [-0.2, -0.15) is 4.37 Å². The fourth-order valence-electron chi connectivity index (χ4n) is 2.21. The lowest BCUT2D eigenvalue weighted by Crippen LogP contribution is -2.45. The molecule has 1 fully saturated rings. The van der Waals surface area contributed by atoms with Crippen LogP contribution >= 0.6 is 11.5 Å². The van der Waals surface area contributed by atoms with Crippen LogP contribution in [0.4, 0.5) is 10.8 Å². The van der Waals surface area contributed by atoms with Crippen LogP contribution in [0.5, 0.6) is 0 Å². The van der Waals surface area contributed by atoms with Crippen LogP contribution in [0.3, 0.4) is 0 Å². The van der Waals surface area contributed by atoms with Crippen molar-refractivity contribution >= 4 is 28.3 Å². The number of primary amides is 1. The molecule has 106 valence electrons. The maximum Gasteiger partial charge on any atom is 0.255 e. The number of rotatable bonds is 4. The summed E-state index contributed by atoms with van der Waals surface area (Å²) in [6, 6.07) is 0. The lowest BCUT2D eigenvalue weighted by atomic mass is 9.94. The van der Waals surface area contributed by atoms with E-state index in [0.29, 0.717) is 37.6 Å². The summed E-state index contributed by atoms with van der Waals surface area (Å²) < 4.78 is 9.18. The number of hydrogen-bond donors (Lipinski definition) is 3. The number of aromatic nitrogens is 1. The van der Waals surface area contributed by atoms with E-state index >= 15 is 0 Å². The van der Waals surface area contributed by atoms with Crippen molar-refractivity contribution in [2.45, 2.75) is 18.4 Å². The minimum absolute atomic E-state index is 0.137. The van der Waals surface area contributed by atoms with E-state index in [4.69, 9.17) is 16.2 Å². The Morgan fingerprint density at radius 1 is 1.58 bits per heavy atom. The molecule has 0 aliphatic carbocycles. The van der Waals surface area contributed by atoms with Crippen molar-refractivity contribution < 1.29 is 14.6 Å². The van der Waals surface area contributed by atoms with Gasteiger partial charge in [-0.1, -0.05) is 0 Å². The summed E-state index contributed by atoms with van der Waals surface area (Å²) in [5.41, 5.74) is 10.3. The summed E-state index contributed by atoms with van der Waals surface area (Å²) in [6.07, 6.45) is 1.13. The molecule has 0 spiro atoms. The van der Waals surface area contributed by atoms with Gasteiger partial charge in [0, 0.05) is 39.6 Å². The topological polar surface area (TPSA) is 115 Å². The molecule has 0 saturated carbocycles. The molecule has 0 radical (unpaired) electrons. The van der Waals surface area contributed by atoms with Gasteiger partial charge in [-0.25, -0.2) is 0 Å². The SMILES string of the molecule is CN(CC1(O)CCOCC1)c1snc(N)c1C(N)=O. The van der Waals surface area contributed by atoms with E-state index in [9.17, 15) is 9.90 Å². The highest BCUT2D eigenvalue weighted by Gasteiger charge is 2.32. The van der Waals surface area contributed by atoms with E-state index in [1.165, 1.54) is 0 Å². The van der Waals surface area contributed by atoms with Crippen LogP contribution < -0.4 is 16.4 Å². The molecule has 19 heavy (non-hydrogen) atoms. The van der Waals surface area contributed by atoms with Gasteiger partial charge in [-0.15, -0.1) is 0 Å². The molecule has 7 nitrogen and oxygen atoms in total. The van der Waals surface area contributed by atoms with Crippen molar-refractivity contribution in [1.82, 2.24) is 4.37 Å². The van der Waals surface area contributed by atoms with Crippen LogP contribution in [0.2, 0.25) is 0 Å². The molecule has 1 amide bonds. The number of carbonyl (C=O) groups is 1. The van der Waals surface area contributed by atoms with Crippen LogP contribution in [-0.4, -0.2) is 47.8 Å². The number of hydrogen-bond acceptors (Lipinski definition) is 7. The molecule has 2 rings (SSSR count). The Hall–Kier alpha value is -1.38.